The van der Waals surface area contributed by atoms with Gasteiger partial charge in [-0.25, -0.2) is 4.98 Å². The van der Waals surface area contributed by atoms with E-state index >= 15 is 0 Å². The Morgan fingerprint density at radius 3 is 2.46 bits per heavy atom. The van der Waals surface area contributed by atoms with Crippen LogP contribution in [-0.2, 0) is 0 Å². The molecule has 0 aliphatic rings. The number of rotatable bonds is 8. The minimum absolute atomic E-state index is 0.434. The summed E-state index contributed by atoms with van der Waals surface area (Å²) in [5, 5.41) is 13.5. The molecule has 0 saturated heterocycles. The van der Waals surface area contributed by atoms with Crippen LogP contribution < -0.4 is 5.32 Å². The molecule has 2 heterocycles. The first kappa shape index (κ1) is 24.5. The van der Waals surface area contributed by atoms with Crippen LogP contribution in [0.4, 0.5) is 5.82 Å². The maximum Gasteiger partial charge on any atom is 0.142 e. The van der Waals surface area contributed by atoms with Gasteiger partial charge in [0.2, 0.25) is 0 Å². The Bertz CT molecular complexity index is 658. The molecule has 0 radical (unpaired) electrons. The Morgan fingerprint density at radius 2 is 1.88 bits per heavy atom. The smallest absolute Gasteiger partial charge is 0.142 e. The van der Waals surface area contributed by atoms with Crippen molar-refractivity contribution in [2.45, 2.75) is 86.1 Å². The van der Waals surface area contributed by atoms with Gasteiger partial charge < -0.3 is 10.3 Å². The Balaban J connectivity index is 0.00000146. The number of fused-ring (bicyclic) bond motifs is 1. The Hall–Kier alpha value is -1.54. The van der Waals surface area contributed by atoms with Crippen LogP contribution in [0.1, 0.15) is 85.8 Å². The van der Waals surface area contributed by atoms with Gasteiger partial charge in [-0.1, -0.05) is 67.2 Å². The second-order valence-electron chi connectivity index (χ2n) is 5.64. The van der Waals surface area contributed by atoms with Crippen LogP contribution >= 0.6 is 15.9 Å². The molecular formula is C21H35BrN4. The van der Waals surface area contributed by atoms with E-state index in [0.717, 1.165) is 34.0 Å². The topological polar surface area (TPSA) is 64.5 Å². The predicted molar refractivity (Wildman–Crippen MR) is 118 cm³/mol. The summed E-state index contributed by atoms with van der Waals surface area (Å²) in [4.78, 5) is 7.62. The summed E-state index contributed by atoms with van der Waals surface area (Å²) in [6.07, 6.45) is 9.17. The number of nitrogens with zero attached hydrogens (tertiary/aromatic N) is 2. The molecule has 0 bridgehead atoms. The van der Waals surface area contributed by atoms with E-state index in [4.69, 9.17) is 5.26 Å². The highest BCUT2D eigenvalue weighted by Gasteiger charge is 2.13. The number of hydrogen-bond donors (Lipinski definition) is 2. The van der Waals surface area contributed by atoms with Gasteiger partial charge in [-0.05, 0) is 34.8 Å². The fourth-order valence-corrected chi connectivity index (χ4v) is 3.16. The Morgan fingerprint density at radius 1 is 1.19 bits per heavy atom. The molecule has 1 unspecified atom stereocenters. The molecule has 0 amide bonds. The minimum Gasteiger partial charge on any atom is -0.366 e. The van der Waals surface area contributed by atoms with Gasteiger partial charge in [0.1, 0.15) is 17.6 Å². The second-order valence-corrected chi connectivity index (χ2v) is 6.44. The van der Waals surface area contributed by atoms with Gasteiger partial charge in [-0.2, -0.15) is 5.26 Å². The monoisotopic (exact) mass is 422 g/mol. The van der Waals surface area contributed by atoms with Gasteiger partial charge in [0, 0.05) is 17.6 Å². The van der Waals surface area contributed by atoms with E-state index in [1.807, 2.05) is 40.0 Å². The van der Waals surface area contributed by atoms with Crippen molar-refractivity contribution in [1.82, 2.24) is 9.97 Å². The minimum atomic E-state index is 0.434. The van der Waals surface area contributed by atoms with Crippen molar-refractivity contribution in [3.63, 3.8) is 0 Å². The van der Waals surface area contributed by atoms with E-state index in [-0.39, 0.29) is 0 Å². The standard InChI is InChI=1S/C17H23BrN4.2C2H6/c1-3-5-6-7-8-13(4-2)22-17-15(18)16-12(11-20-17)9-14(10-19)21-16;2*1-2/h9,11,13,21H,3-8H2,1-2H3,(H,20,22);2*1-2H3. The molecule has 0 aromatic carbocycles. The molecule has 2 N–H and O–H groups in total. The molecule has 0 saturated carbocycles. The summed E-state index contributed by atoms with van der Waals surface area (Å²) in [5.41, 5.74) is 1.48. The number of aromatic amines is 1. The first-order chi connectivity index (χ1) is 12.7. The van der Waals surface area contributed by atoms with Crippen molar-refractivity contribution in [3.05, 3.63) is 22.4 Å². The van der Waals surface area contributed by atoms with Gasteiger partial charge in [-0.15, -0.1) is 0 Å². The number of halogens is 1. The normalized spacial score (nSPS) is 10.8. The fourth-order valence-electron chi connectivity index (χ4n) is 2.61. The number of H-pyrrole nitrogens is 1. The maximum atomic E-state index is 8.99. The van der Waals surface area contributed by atoms with E-state index in [1.54, 1.807) is 0 Å². The lowest BCUT2D eigenvalue weighted by molar-refractivity contribution is 0.560. The lowest BCUT2D eigenvalue weighted by Gasteiger charge is -2.18. The SMILES string of the molecule is CC.CC.CCCCCCC(CC)Nc1ncc2cc(C#N)[nH]c2c1Br. The molecule has 0 fully saturated rings. The lowest BCUT2D eigenvalue weighted by atomic mass is 10.1. The predicted octanol–water partition coefficient (Wildman–Crippen LogP) is 7.41. The first-order valence-electron chi connectivity index (χ1n) is 10.0. The van der Waals surface area contributed by atoms with Crippen LogP contribution in [0.5, 0.6) is 0 Å². The van der Waals surface area contributed by atoms with Gasteiger partial charge in [-0.3, -0.25) is 0 Å². The number of hydrogen-bond acceptors (Lipinski definition) is 3. The van der Waals surface area contributed by atoms with Crippen LogP contribution in [-0.4, -0.2) is 16.0 Å². The summed E-state index contributed by atoms with van der Waals surface area (Å²) in [6, 6.07) is 4.38. The quantitative estimate of drug-likeness (QED) is 0.435. The fraction of sp³-hybridized carbons (Fsp3) is 0.619. The van der Waals surface area contributed by atoms with Gasteiger partial charge in [0.15, 0.2) is 0 Å². The summed E-state index contributed by atoms with van der Waals surface area (Å²) < 4.78 is 0.901. The average Bonchev–Trinajstić information content (AvgIpc) is 3.13. The zero-order valence-corrected chi connectivity index (χ0v) is 18.8. The molecule has 2 aromatic heterocycles. The molecule has 1 atom stereocenters. The molecule has 2 aromatic rings. The van der Waals surface area contributed by atoms with E-state index in [1.165, 1.54) is 25.7 Å². The van der Waals surface area contributed by atoms with Crippen LogP contribution in [0.15, 0.2) is 16.7 Å². The molecule has 0 aliphatic carbocycles. The third-order valence-electron chi connectivity index (χ3n) is 3.97. The van der Waals surface area contributed by atoms with Crippen molar-refractivity contribution in [2.75, 3.05) is 5.32 Å². The molecule has 2 rings (SSSR count). The highest BCUT2D eigenvalue weighted by Crippen LogP contribution is 2.30. The van der Waals surface area contributed by atoms with E-state index in [0.29, 0.717) is 11.7 Å². The molecule has 146 valence electrons. The zero-order valence-electron chi connectivity index (χ0n) is 17.2. The number of anilines is 1. The van der Waals surface area contributed by atoms with Crippen molar-refractivity contribution >= 4 is 32.7 Å². The molecular weight excluding hydrogens is 388 g/mol. The lowest BCUT2D eigenvalue weighted by Crippen LogP contribution is -2.19. The van der Waals surface area contributed by atoms with Crippen LogP contribution in [0.2, 0.25) is 0 Å². The third-order valence-corrected chi connectivity index (χ3v) is 4.74. The Kier molecular flexibility index (Phi) is 13.7. The molecule has 5 heteroatoms. The highest BCUT2D eigenvalue weighted by molar-refractivity contribution is 9.10. The number of unbranched alkanes of at least 4 members (excludes halogenated alkanes) is 3. The van der Waals surface area contributed by atoms with Crippen molar-refractivity contribution in [1.29, 1.82) is 5.26 Å². The molecule has 0 aliphatic heterocycles. The summed E-state index contributed by atoms with van der Waals surface area (Å²) in [5.74, 6) is 0.848. The highest BCUT2D eigenvalue weighted by atomic mass is 79.9. The number of pyridine rings is 1. The summed E-state index contributed by atoms with van der Waals surface area (Å²) >= 11 is 3.61. The van der Waals surface area contributed by atoms with Crippen LogP contribution in [0.25, 0.3) is 10.9 Å². The Labute approximate surface area is 167 Å². The largest absolute Gasteiger partial charge is 0.366 e. The van der Waals surface area contributed by atoms with Gasteiger partial charge in [0.25, 0.3) is 0 Å². The van der Waals surface area contributed by atoms with Gasteiger partial charge in [0.05, 0.1) is 9.99 Å². The van der Waals surface area contributed by atoms with Crippen molar-refractivity contribution in [3.8, 4) is 6.07 Å². The van der Waals surface area contributed by atoms with Crippen molar-refractivity contribution in [2.24, 2.45) is 0 Å². The molecule has 26 heavy (non-hydrogen) atoms. The zero-order chi connectivity index (χ0) is 19.9. The van der Waals surface area contributed by atoms with E-state index in [9.17, 15) is 0 Å². The molecule has 0 spiro atoms. The van der Waals surface area contributed by atoms with Crippen LogP contribution in [0.3, 0.4) is 0 Å². The van der Waals surface area contributed by atoms with Crippen molar-refractivity contribution < 1.29 is 0 Å². The second kappa shape index (κ2) is 14.6. The summed E-state index contributed by atoms with van der Waals surface area (Å²) in [6.45, 7) is 12.4. The first-order valence-corrected chi connectivity index (χ1v) is 10.8. The molecule has 4 nitrogen and oxygen atoms in total. The number of nitriles is 1. The van der Waals surface area contributed by atoms with E-state index < -0.39 is 0 Å². The van der Waals surface area contributed by atoms with E-state index in [2.05, 4.69) is 51.1 Å². The van der Waals surface area contributed by atoms with Gasteiger partial charge >= 0.3 is 0 Å². The van der Waals surface area contributed by atoms with Crippen LogP contribution in [0, 0.1) is 11.3 Å². The maximum absolute atomic E-state index is 8.99. The summed E-state index contributed by atoms with van der Waals surface area (Å²) in [7, 11) is 0. The number of nitrogens with one attached hydrogen (secondary N) is 2. The average molecular weight is 423 g/mol. The number of aromatic nitrogens is 2. The third kappa shape index (κ3) is 7.37.